The van der Waals surface area contributed by atoms with Gasteiger partial charge in [0.2, 0.25) is 0 Å². The van der Waals surface area contributed by atoms with Gasteiger partial charge >= 0.3 is 11.2 Å². The summed E-state index contributed by atoms with van der Waals surface area (Å²) in [4.78, 5) is 11.4. The monoisotopic (exact) mass is 329 g/mol. The minimum absolute atomic E-state index is 0.237. The van der Waals surface area contributed by atoms with Crippen molar-refractivity contribution < 1.29 is 35.5 Å². The molecule has 0 N–H and O–H groups in total. The second kappa shape index (κ2) is 4.21. The largest absolute Gasteiger partial charge is 0.799 e. The van der Waals surface area contributed by atoms with Crippen molar-refractivity contribution >= 4 is 32.7 Å². The molecule has 6 atom stereocenters. The molecule has 2 aliphatic carbocycles. The van der Waals surface area contributed by atoms with Crippen molar-refractivity contribution in [3.05, 3.63) is 0 Å². The van der Waals surface area contributed by atoms with Crippen LogP contribution < -0.4 is 0 Å². The summed E-state index contributed by atoms with van der Waals surface area (Å²) in [6.45, 7) is 0. The van der Waals surface area contributed by atoms with Gasteiger partial charge in [-0.15, -0.1) is 0 Å². The predicted octanol–water partition coefficient (Wildman–Crippen LogP) is 0.459. The number of halogens is 2. The molecular weight excluding hydrogens is 318 g/mol. The minimum Gasteiger partial charge on any atom is -0.799 e. The standard InChI is InChI=1S/C10H11F2O6S2/c1-19(14)10(11,12)9(13)17-7-4-2-5-6(3-4)20(15,16)18-8(5)7/h4-8H,1-3H2/q-1. The van der Waals surface area contributed by atoms with Gasteiger partial charge < -0.3 is 9.29 Å². The number of esters is 1. The van der Waals surface area contributed by atoms with Gasteiger partial charge in [-0.2, -0.15) is 17.2 Å². The van der Waals surface area contributed by atoms with E-state index in [4.69, 9.17) is 4.18 Å². The van der Waals surface area contributed by atoms with Crippen LogP contribution in [0, 0.1) is 11.8 Å². The second-order valence-electron chi connectivity index (χ2n) is 5.22. The topological polar surface area (TPSA) is 92.7 Å². The quantitative estimate of drug-likeness (QED) is 0.424. The van der Waals surface area contributed by atoms with Crippen molar-refractivity contribution in [1.29, 1.82) is 0 Å². The Bertz CT molecular complexity index is 589. The number of hydrogen-bond acceptors (Lipinski definition) is 6. The van der Waals surface area contributed by atoms with E-state index in [1.165, 1.54) is 0 Å². The van der Waals surface area contributed by atoms with E-state index in [2.05, 4.69) is 10.6 Å². The number of ether oxygens (including phenoxy) is 1. The van der Waals surface area contributed by atoms with Crippen LogP contribution in [0.25, 0.3) is 0 Å². The van der Waals surface area contributed by atoms with Crippen molar-refractivity contribution in [2.75, 3.05) is 0 Å². The molecule has 1 saturated heterocycles. The first-order valence-electron chi connectivity index (χ1n) is 5.87. The summed E-state index contributed by atoms with van der Waals surface area (Å²) >= 11 is 0. The van der Waals surface area contributed by atoms with E-state index in [1.54, 1.807) is 0 Å². The third-order valence-corrected chi connectivity index (χ3v) is 6.69. The van der Waals surface area contributed by atoms with Crippen LogP contribution in [0.5, 0.6) is 0 Å². The van der Waals surface area contributed by atoms with Crippen molar-refractivity contribution in [2.24, 2.45) is 11.8 Å². The van der Waals surface area contributed by atoms with Gasteiger partial charge in [0.1, 0.15) is 12.2 Å². The van der Waals surface area contributed by atoms with Gasteiger partial charge in [-0.3, -0.25) is 4.18 Å². The number of alkyl halides is 2. The van der Waals surface area contributed by atoms with E-state index in [9.17, 15) is 26.5 Å². The van der Waals surface area contributed by atoms with Gasteiger partial charge in [0.05, 0.1) is 5.25 Å². The maximum Gasteiger partial charge on any atom is 0.386 e. The third-order valence-electron chi connectivity index (χ3n) is 4.18. The summed E-state index contributed by atoms with van der Waals surface area (Å²) in [7, 11) is -6.65. The molecule has 20 heavy (non-hydrogen) atoms. The molecule has 2 bridgehead atoms. The lowest BCUT2D eigenvalue weighted by atomic mass is 9.94. The molecule has 3 rings (SSSR count). The van der Waals surface area contributed by atoms with E-state index in [0.29, 0.717) is 6.42 Å². The van der Waals surface area contributed by atoms with Gasteiger partial charge in [-0.1, -0.05) is 5.87 Å². The van der Waals surface area contributed by atoms with E-state index >= 15 is 0 Å². The number of carbonyl (C=O) groups is 1. The van der Waals surface area contributed by atoms with Crippen LogP contribution in [0.4, 0.5) is 8.78 Å². The lowest BCUT2D eigenvalue weighted by molar-refractivity contribution is -0.172. The summed E-state index contributed by atoms with van der Waals surface area (Å²) in [5, 5.41) is -4.84. The van der Waals surface area contributed by atoms with Crippen LogP contribution in [-0.4, -0.2) is 47.5 Å². The van der Waals surface area contributed by atoms with Gasteiger partial charge in [0, 0.05) is 11.8 Å². The van der Waals surface area contributed by atoms with Crippen LogP contribution in [0.3, 0.4) is 0 Å². The molecule has 0 aromatic rings. The molecule has 0 aromatic carbocycles. The molecule has 3 fully saturated rings. The Labute approximate surface area is 116 Å². The van der Waals surface area contributed by atoms with Gasteiger partial charge in [-0.05, 0) is 12.8 Å². The fourth-order valence-corrected chi connectivity index (χ4v) is 5.45. The summed E-state index contributed by atoms with van der Waals surface area (Å²) < 4.78 is 70.0. The summed E-state index contributed by atoms with van der Waals surface area (Å²) in [5.74, 6) is 0.0350. The maximum atomic E-state index is 13.2. The first kappa shape index (κ1) is 14.4. The molecule has 1 heterocycles. The fraction of sp³-hybridized carbons (Fsp3) is 0.800. The average molecular weight is 329 g/mol. The fourth-order valence-electron chi connectivity index (χ4n) is 3.33. The summed E-state index contributed by atoms with van der Waals surface area (Å²) in [5.41, 5.74) is 0. The zero-order valence-corrected chi connectivity index (χ0v) is 11.7. The minimum atomic E-state index is -4.21. The molecule has 6 unspecified atom stereocenters. The first-order chi connectivity index (χ1) is 9.14. The van der Waals surface area contributed by atoms with E-state index in [1.807, 2.05) is 0 Å². The van der Waals surface area contributed by atoms with Crippen LogP contribution in [0.2, 0.25) is 0 Å². The molecule has 1 aliphatic heterocycles. The zero-order valence-electron chi connectivity index (χ0n) is 10.0. The van der Waals surface area contributed by atoms with Crippen molar-refractivity contribution in [3.8, 4) is 0 Å². The van der Waals surface area contributed by atoms with Gasteiger partial charge in [-0.25, -0.2) is 15.6 Å². The lowest BCUT2D eigenvalue weighted by Crippen LogP contribution is -2.41. The molecule has 114 valence electrons. The lowest BCUT2D eigenvalue weighted by Gasteiger charge is -2.28. The summed E-state index contributed by atoms with van der Waals surface area (Å²) in [6.07, 6.45) is -1.23. The van der Waals surface area contributed by atoms with Crippen LogP contribution in [-0.2, 0) is 23.8 Å². The van der Waals surface area contributed by atoms with Crippen molar-refractivity contribution in [1.82, 2.24) is 0 Å². The highest BCUT2D eigenvalue weighted by Gasteiger charge is 2.65. The van der Waals surface area contributed by atoms with Gasteiger partial charge in [0.25, 0.3) is 10.1 Å². The third kappa shape index (κ3) is 1.85. The Hall–Kier alpha value is -0.580. The van der Waals surface area contributed by atoms with Crippen molar-refractivity contribution in [2.45, 2.75) is 35.6 Å². The maximum absolute atomic E-state index is 13.2. The highest BCUT2D eigenvalue weighted by atomic mass is 32.2. The molecule has 0 spiro atoms. The van der Waals surface area contributed by atoms with Crippen LogP contribution >= 0.6 is 10.8 Å². The Morgan fingerprint density at radius 3 is 2.70 bits per heavy atom. The van der Waals surface area contributed by atoms with E-state index < -0.39 is 49.6 Å². The van der Waals surface area contributed by atoms with Gasteiger partial charge in [0.15, 0.2) is 0 Å². The first-order valence-corrected chi connectivity index (χ1v) is 8.66. The normalized spacial score (nSPS) is 42.6. The van der Waals surface area contributed by atoms with E-state index in [0.717, 1.165) is 0 Å². The number of fused-ring (bicyclic) bond motifs is 1. The number of hydrogen-bond donors (Lipinski definition) is 0. The smallest absolute Gasteiger partial charge is 0.386 e. The molecule has 2 saturated carbocycles. The average Bonchev–Trinajstić information content (AvgIpc) is 2.92. The molecule has 3 aliphatic rings. The molecular formula is C10H11F2O6S2-. The van der Waals surface area contributed by atoms with E-state index in [-0.39, 0.29) is 18.3 Å². The number of carbonyl (C=O) groups excluding carboxylic acids is 1. The van der Waals surface area contributed by atoms with Crippen LogP contribution in [0.1, 0.15) is 12.8 Å². The molecule has 0 radical (unpaired) electrons. The Balaban J connectivity index is 1.79. The molecule has 0 aromatic heterocycles. The predicted molar refractivity (Wildman–Crippen MR) is 64.1 cm³/mol. The molecule has 10 heteroatoms. The molecule has 0 amide bonds. The second-order valence-corrected chi connectivity index (χ2v) is 8.21. The highest BCUT2D eigenvalue weighted by Crippen LogP contribution is 2.55. The Morgan fingerprint density at radius 2 is 2.10 bits per heavy atom. The number of rotatable bonds is 3. The van der Waals surface area contributed by atoms with Crippen LogP contribution in [0.15, 0.2) is 0 Å². The van der Waals surface area contributed by atoms with Crippen molar-refractivity contribution in [3.63, 3.8) is 0 Å². The summed E-state index contributed by atoms with van der Waals surface area (Å²) in [6, 6.07) is 0. The molecule has 6 nitrogen and oxygen atoms in total. The zero-order chi connectivity index (χ0) is 14.9. The Morgan fingerprint density at radius 1 is 1.45 bits per heavy atom. The SMILES string of the molecule is C=S([O-])C(F)(F)C(=O)OC1C2CC3C1OS(=O)(=O)C3C2. The Kier molecular flexibility index (Phi) is 3.03. The highest BCUT2D eigenvalue weighted by molar-refractivity contribution is 8.10.